The summed E-state index contributed by atoms with van der Waals surface area (Å²) in [6.45, 7) is 3.96. The zero-order valence-corrected chi connectivity index (χ0v) is 11.1. The minimum atomic E-state index is -2.89. The molecule has 0 aromatic heterocycles. The van der Waals surface area contributed by atoms with E-state index in [1.165, 1.54) is 0 Å². The van der Waals surface area contributed by atoms with Crippen molar-refractivity contribution in [2.24, 2.45) is 0 Å². The first-order chi connectivity index (χ1) is 7.94. The second-order valence-electron chi connectivity index (χ2n) is 3.96. The summed E-state index contributed by atoms with van der Waals surface area (Å²) in [5, 5.41) is 0. The zero-order valence-electron chi connectivity index (χ0n) is 10.3. The van der Waals surface area contributed by atoms with Gasteiger partial charge in [-0.05, 0) is 25.0 Å². The summed E-state index contributed by atoms with van der Waals surface area (Å²) in [7, 11) is -2.89. The summed E-state index contributed by atoms with van der Waals surface area (Å²) in [5.74, 6) is 1.04. The normalized spacial score (nSPS) is 11.4. The van der Waals surface area contributed by atoms with Crippen molar-refractivity contribution in [2.75, 3.05) is 23.8 Å². The molecule has 0 bridgehead atoms. The summed E-state index contributed by atoms with van der Waals surface area (Å²) < 4.78 is 27.9. The van der Waals surface area contributed by atoms with E-state index in [0.29, 0.717) is 24.5 Å². The smallest absolute Gasteiger partial charge is 0.150 e. The molecule has 17 heavy (non-hydrogen) atoms. The van der Waals surface area contributed by atoms with Crippen LogP contribution in [0.3, 0.4) is 0 Å². The average Bonchev–Trinajstić information content (AvgIpc) is 2.29. The molecule has 0 amide bonds. The van der Waals surface area contributed by atoms with Gasteiger partial charge in [0.15, 0.2) is 0 Å². The SMILES string of the molecule is CCS(=O)(=O)CCCOc1ccc(C)c(N)c1. The molecular formula is C12H19NO3S. The van der Waals surface area contributed by atoms with Gasteiger partial charge in [-0.25, -0.2) is 8.42 Å². The van der Waals surface area contributed by atoms with E-state index in [2.05, 4.69) is 0 Å². The minimum absolute atomic E-state index is 0.171. The molecule has 2 N–H and O–H groups in total. The number of benzene rings is 1. The molecule has 0 aliphatic heterocycles. The lowest BCUT2D eigenvalue weighted by atomic mass is 10.2. The maximum absolute atomic E-state index is 11.2. The molecule has 0 aliphatic carbocycles. The Morgan fingerprint density at radius 2 is 2.06 bits per heavy atom. The highest BCUT2D eigenvalue weighted by Crippen LogP contribution is 2.18. The fraction of sp³-hybridized carbons (Fsp3) is 0.500. The first-order valence-electron chi connectivity index (χ1n) is 5.64. The zero-order chi connectivity index (χ0) is 12.9. The minimum Gasteiger partial charge on any atom is -0.493 e. The second-order valence-corrected chi connectivity index (χ2v) is 6.43. The molecule has 0 radical (unpaired) electrons. The third-order valence-electron chi connectivity index (χ3n) is 2.56. The number of sulfone groups is 1. The van der Waals surface area contributed by atoms with E-state index >= 15 is 0 Å². The van der Waals surface area contributed by atoms with E-state index in [4.69, 9.17) is 10.5 Å². The van der Waals surface area contributed by atoms with Gasteiger partial charge in [-0.1, -0.05) is 13.0 Å². The van der Waals surface area contributed by atoms with Crippen LogP contribution >= 0.6 is 0 Å². The quantitative estimate of drug-likeness (QED) is 0.623. The van der Waals surface area contributed by atoms with Gasteiger partial charge in [-0.3, -0.25) is 0 Å². The Balaban J connectivity index is 2.39. The van der Waals surface area contributed by atoms with Crippen molar-refractivity contribution >= 4 is 15.5 Å². The van der Waals surface area contributed by atoms with Gasteiger partial charge in [0.05, 0.1) is 12.4 Å². The molecule has 1 aromatic rings. The van der Waals surface area contributed by atoms with E-state index in [0.717, 1.165) is 5.56 Å². The number of hydrogen-bond acceptors (Lipinski definition) is 4. The molecule has 0 saturated carbocycles. The topological polar surface area (TPSA) is 69.4 Å². The van der Waals surface area contributed by atoms with Gasteiger partial charge < -0.3 is 10.5 Å². The number of nitrogens with two attached hydrogens (primary N) is 1. The highest BCUT2D eigenvalue weighted by atomic mass is 32.2. The Kier molecular flexibility index (Phi) is 4.81. The van der Waals surface area contributed by atoms with Crippen molar-refractivity contribution in [3.8, 4) is 5.75 Å². The first-order valence-corrected chi connectivity index (χ1v) is 7.46. The number of aryl methyl sites for hydroxylation is 1. The van der Waals surface area contributed by atoms with Gasteiger partial charge in [0.1, 0.15) is 15.6 Å². The van der Waals surface area contributed by atoms with Crippen molar-refractivity contribution in [1.82, 2.24) is 0 Å². The fourth-order valence-electron chi connectivity index (χ4n) is 1.32. The van der Waals surface area contributed by atoms with Gasteiger partial charge >= 0.3 is 0 Å². The van der Waals surface area contributed by atoms with Crippen LogP contribution in [-0.4, -0.2) is 26.5 Å². The molecule has 0 aliphatic rings. The largest absolute Gasteiger partial charge is 0.493 e. The second kappa shape index (κ2) is 5.91. The lowest BCUT2D eigenvalue weighted by Crippen LogP contribution is -2.11. The molecule has 0 heterocycles. The highest BCUT2D eigenvalue weighted by Gasteiger charge is 2.06. The Morgan fingerprint density at radius 1 is 1.35 bits per heavy atom. The van der Waals surface area contributed by atoms with Crippen LogP contribution in [0.1, 0.15) is 18.9 Å². The van der Waals surface area contributed by atoms with E-state index < -0.39 is 9.84 Å². The predicted molar refractivity (Wildman–Crippen MR) is 70.0 cm³/mol. The Labute approximate surface area is 103 Å². The summed E-state index contributed by atoms with van der Waals surface area (Å²) in [5.41, 5.74) is 7.43. The maximum atomic E-state index is 11.2. The molecule has 0 unspecified atom stereocenters. The Morgan fingerprint density at radius 3 is 2.65 bits per heavy atom. The number of hydrogen-bond donors (Lipinski definition) is 1. The van der Waals surface area contributed by atoms with Crippen LogP contribution in [0.4, 0.5) is 5.69 Å². The van der Waals surface area contributed by atoms with E-state index in [1.807, 2.05) is 19.1 Å². The third kappa shape index (κ3) is 4.65. The van der Waals surface area contributed by atoms with Crippen LogP contribution in [0.2, 0.25) is 0 Å². The van der Waals surface area contributed by atoms with Crippen LogP contribution in [-0.2, 0) is 9.84 Å². The molecule has 0 fully saturated rings. The number of ether oxygens (including phenoxy) is 1. The van der Waals surface area contributed by atoms with Gasteiger partial charge in [0, 0.05) is 17.5 Å². The van der Waals surface area contributed by atoms with Gasteiger partial charge in [-0.2, -0.15) is 0 Å². The molecule has 5 heteroatoms. The molecule has 0 atom stereocenters. The Bertz CT molecular complexity index is 469. The van der Waals surface area contributed by atoms with Crippen molar-refractivity contribution in [3.05, 3.63) is 23.8 Å². The summed E-state index contributed by atoms with van der Waals surface area (Å²) >= 11 is 0. The Hall–Kier alpha value is -1.23. The molecule has 0 spiro atoms. The molecule has 1 rings (SSSR count). The van der Waals surface area contributed by atoms with E-state index in [-0.39, 0.29) is 11.5 Å². The molecule has 4 nitrogen and oxygen atoms in total. The fourth-order valence-corrected chi connectivity index (χ4v) is 2.17. The molecule has 1 aromatic carbocycles. The van der Waals surface area contributed by atoms with Gasteiger partial charge in [-0.15, -0.1) is 0 Å². The predicted octanol–water partition coefficient (Wildman–Crippen LogP) is 1.78. The van der Waals surface area contributed by atoms with Gasteiger partial charge in [0.2, 0.25) is 0 Å². The van der Waals surface area contributed by atoms with Crippen LogP contribution in [0.5, 0.6) is 5.75 Å². The van der Waals surface area contributed by atoms with Crippen LogP contribution in [0.15, 0.2) is 18.2 Å². The first kappa shape index (κ1) is 13.8. The maximum Gasteiger partial charge on any atom is 0.150 e. The number of nitrogen functional groups attached to an aromatic ring is 1. The average molecular weight is 257 g/mol. The van der Waals surface area contributed by atoms with Crippen LogP contribution in [0, 0.1) is 6.92 Å². The molecular weight excluding hydrogens is 238 g/mol. The highest BCUT2D eigenvalue weighted by molar-refractivity contribution is 7.91. The molecule has 96 valence electrons. The third-order valence-corrected chi connectivity index (χ3v) is 4.35. The van der Waals surface area contributed by atoms with Crippen molar-refractivity contribution in [1.29, 1.82) is 0 Å². The van der Waals surface area contributed by atoms with E-state index in [1.54, 1.807) is 13.0 Å². The summed E-state index contributed by atoms with van der Waals surface area (Å²) in [6.07, 6.45) is 0.504. The standard InChI is InChI=1S/C12H19NO3S/c1-3-17(14,15)8-4-7-16-11-6-5-10(2)12(13)9-11/h5-6,9H,3-4,7-8,13H2,1-2H3. The molecule has 0 saturated heterocycles. The lowest BCUT2D eigenvalue weighted by molar-refractivity contribution is 0.318. The number of rotatable bonds is 6. The number of anilines is 1. The van der Waals surface area contributed by atoms with Crippen LogP contribution in [0.25, 0.3) is 0 Å². The van der Waals surface area contributed by atoms with Crippen molar-refractivity contribution in [3.63, 3.8) is 0 Å². The van der Waals surface area contributed by atoms with Crippen LogP contribution < -0.4 is 10.5 Å². The van der Waals surface area contributed by atoms with E-state index in [9.17, 15) is 8.42 Å². The monoisotopic (exact) mass is 257 g/mol. The summed E-state index contributed by atoms with van der Waals surface area (Å²) in [4.78, 5) is 0. The van der Waals surface area contributed by atoms with Gasteiger partial charge in [0.25, 0.3) is 0 Å². The van der Waals surface area contributed by atoms with Crippen molar-refractivity contribution < 1.29 is 13.2 Å². The summed E-state index contributed by atoms with van der Waals surface area (Å²) in [6, 6.07) is 5.47. The lowest BCUT2D eigenvalue weighted by Gasteiger charge is -2.08. The van der Waals surface area contributed by atoms with Crippen molar-refractivity contribution in [2.45, 2.75) is 20.3 Å².